The predicted molar refractivity (Wildman–Crippen MR) is 299 cm³/mol. The molecule has 0 saturated carbocycles. The molecule has 0 aliphatic rings. The molecule has 0 aliphatic carbocycles. The Bertz CT molecular complexity index is 4270. The molecule has 408 valence electrons. The van der Waals surface area contributed by atoms with Crippen molar-refractivity contribution in [1.29, 1.82) is 0 Å². The highest BCUT2D eigenvalue weighted by Crippen LogP contribution is 2.31. The van der Waals surface area contributed by atoms with Crippen LogP contribution in [-0.2, 0) is 19.1 Å². The highest BCUT2D eigenvalue weighted by Gasteiger charge is 2.11. The lowest BCUT2D eigenvalue weighted by Gasteiger charge is -2.13. The molecule has 0 bridgehead atoms. The molecule has 0 saturated heterocycles. The Hall–Kier alpha value is -6.60. The molecular weight excluding hydrogens is 949 g/mol. The van der Waals surface area contributed by atoms with Crippen molar-refractivity contribution >= 4 is 0 Å². The average molecular weight is 1070 g/mol. The number of hydrogen-bond donors (Lipinski definition) is 3. The Morgan fingerprint density at radius 1 is 0.400 bits per heavy atom. The smallest absolute Gasteiger partial charge is 0.160 e. The van der Waals surface area contributed by atoms with Crippen molar-refractivity contribution in [3.8, 4) is 51.7 Å². The standard InChI is InChI=1S/3C21H28O4/c3*1-16-7-6-10-19(13-16)25-15-18(22)9-5-4-8-17-11-12-20(23-2)21(14-17)24-3/h3*6-7,10-14,18,22H,4-5,8-9,15H2,1-3H3/i3D3,6D,7D,8D2,10D,11D,12D,13D,14D,18D;2D3,6D,7D,8D2,10D,11D,12D,13D,14D,18D;6D,7D,8D2,10D,11D,12D,13D,14D,18D. The summed E-state index contributed by atoms with van der Waals surface area (Å²) in [5.41, 5.74) is -1.21. The first kappa shape index (κ1) is 26.9. The summed E-state index contributed by atoms with van der Waals surface area (Å²) < 4.78 is 332. The van der Waals surface area contributed by atoms with Crippen molar-refractivity contribution in [1.82, 2.24) is 0 Å². The normalized spacial score (nSPS) is 20.9. The van der Waals surface area contributed by atoms with Gasteiger partial charge in [-0.15, -0.1) is 0 Å². The third-order valence-corrected chi connectivity index (χ3v) is 9.42. The SMILES string of the molecule is [2H]c1c([2H])c(C)c([2H])c(OCC([2H])(O)CCCC([2H])([2H])c2c([2H])c([2H])c(OC([2H])([2H])[2H])c(OC)c2[2H])c1[2H].[2H]c1c([2H])c(C)c([2H])c(OCC([2H])(O)CCCC([2H])([2H])c2c([2H])c([2H])c(OC)c(OC([2H])([2H])[2H])c2[2H])c1[2H].[2H]c1c([2H])c(C)c([2H])c(OCC([2H])(O)CCCC([2H])([2H])c2c([2H])c([2H])c(OC)c(OC)c2[2H])c1[2H]. The van der Waals surface area contributed by atoms with Crippen molar-refractivity contribution < 1.29 is 107 Å². The first-order chi connectivity index (χ1) is 50.6. The van der Waals surface area contributed by atoms with Crippen LogP contribution in [0.3, 0.4) is 0 Å². The van der Waals surface area contributed by atoms with E-state index in [1.165, 1.54) is 35.0 Å². The molecule has 12 heteroatoms. The summed E-state index contributed by atoms with van der Waals surface area (Å²) in [6.07, 6.45) is -16.5. The van der Waals surface area contributed by atoms with Crippen molar-refractivity contribution in [2.24, 2.45) is 0 Å². The summed E-state index contributed by atoms with van der Waals surface area (Å²) in [5.74, 6) is -3.79. The van der Waals surface area contributed by atoms with Crippen LogP contribution in [0.2, 0.25) is 0 Å². The van der Waals surface area contributed by atoms with Gasteiger partial charge in [-0.25, -0.2) is 0 Å². The summed E-state index contributed by atoms with van der Waals surface area (Å²) in [6.45, 7) is 2.13. The molecule has 0 spiro atoms. The molecule has 75 heavy (non-hydrogen) atoms. The number of methoxy groups -OCH3 is 6. The number of aliphatic hydroxyl groups is 3. The second-order valence-electron chi connectivity index (χ2n) is 15.3. The second-order valence-corrected chi connectivity index (χ2v) is 15.3. The lowest BCUT2D eigenvalue weighted by atomic mass is 10.0. The molecule has 0 aliphatic heterocycles. The first-order valence-corrected chi connectivity index (χ1v) is 22.8. The third-order valence-electron chi connectivity index (χ3n) is 9.42. The fourth-order valence-corrected chi connectivity index (χ4v) is 5.78. The van der Waals surface area contributed by atoms with Gasteiger partial charge in [-0.05, 0) is 184 Å². The number of ether oxygens (including phenoxy) is 9. The molecule has 0 aromatic heterocycles. The highest BCUT2D eigenvalue weighted by atomic mass is 16.5. The van der Waals surface area contributed by atoms with E-state index in [1.54, 1.807) is 0 Å². The average Bonchev–Trinajstić information content (AvgIpc) is 0.766. The Labute approximate surface area is 498 Å². The van der Waals surface area contributed by atoms with Gasteiger partial charge < -0.3 is 58.0 Å². The molecule has 0 fully saturated rings. The fourth-order valence-electron chi connectivity index (χ4n) is 5.78. The van der Waals surface area contributed by atoms with Gasteiger partial charge in [0, 0.05) is 8.22 Å². The van der Waals surface area contributed by atoms with Crippen molar-refractivity contribution in [2.45, 2.75) is 116 Å². The molecular formula is C63H84O12. The minimum atomic E-state index is -3.04. The summed E-state index contributed by atoms with van der Waals surface area (Å²) in [5, 5.41) is 31.2. The molecule has 0 heterocycles. The Kier molecular flexibility index (Phi) is 12.5. The van der Waals surface area contributed by atoms with Gasteiger partial charge in [-0.1, -0.05) is 73.6 Å². The van der Waals surface area contributed by atoms with E-state index in [0.29, 0.717) is 0 Å². The lowest BCUT2D eigenvalue weighted by molar-refractivity contribution is 0.0976. The predicted octanol–water partition coefficient (Wildman–Crippen LogP) is 12.5. The number of rotatable bonds is 30. The fraction of sp³-hybridized carbons (Fsp3) is 0.429. The van der Waals surface area contributed by atoms with Crippen LogP contribution in [0.1, 0.15) is 141 Å². The summed E-state index contributed by atoms with van der Waals surface area (Å²) in [4.78, 5) is 0. The van der Waals surface area contributed by atoms with Gasteiger partial charge in [0.15, 0.2) is 34.5 Å². The molecule has 3 atom stereocenters. The molecule has 12 nitrogen and oxygen atoms in total. The zero-order valence-electron chi connectivity index (χ0n) is 78.5. The van der Waals surface area contributed by atoms with E-state index in [2.05, 4.69) is 0 Å². The van der Waals surface area contributed by atoms with Gasteiger partial charge in [-0.2, -0.15) is 0 Å². The monoisotopic (exact) mass is 1070 g/mol. The third kappa shape index (κ3) is 23.7. The van der Waals surface area contributed by atoms with Crippen LogP contribution < -0.4 is 42.6 Å². The summed E-state index contributed by atoms with van der Waals surface area (Å²) in [7, 11) is -1.38. The Balaban J connectivity index is 0.000000352. The Morgan fingerprint density at radius 2 is 0.693 bits per heavy atom. The maximum atomic E-state index is 10.4. The first-order valence-electron chi connectivity index (χ1n) is 40.8. The molecule has 6 aromatic rings. The largest absolute Gasteiger partial charge is 0.493 e. The zero-order chi connectivity index (χ0) is 85.6. The van der Waals surface area contributed by atoms with E-state index in [-0.39, 0.29) is 132 Å². The maximum absolute atomic E-state index is 10.4. The highest BCUT2D eigenvalue weighted by molar-refractivity contribution is 5.44. The van der Waals surface area contributed by atoms with Crippen LogP contribution in [0.25, 0.3) is 0 Å². The van der Waals surface area contributed by atoms with Crippen molar-refractivity contribution in [3.63, 3.8) is 0 Å². The lowest BCUT2D eigenvalue weighted by Crippen LogP contribution is -2.17. The topological polar surface area (TPSA) is 144 Å². The van der Waals surface area contributed by atoms with Crippen molar-refractivity contribution in [3.05, 3.63) is 160 Å². The molecule has 3 unspecified atom stereocenters. The van der Waals surface area contributed by atoms with Gasteiger partial charge in [0.1, 0.15) is 37.1 Å². The Morgan fingerprint density at radius 3 is 1.00 bits per heavy atom. The molecule has 0 radical (unpaired) electrons. The van der Waals surface area contributed by atoms with E-state index in [4.69, 9.17) is 92.0 Å². The quantitative estimate of drug-likeness (QED) is 0.0395. The minimum Gasteiger partial charge on any atom is -0.493 e. The van der Waals surface area contributed by atoms with Crippen LogP contribution in [0.5, 0.6) is 51.7 Å². The molecule has 3 N–H and O–H groups in total. The van der Waals surface area contributed by atoms with Crippen LogP contribution in [0, 0.1) is 20.8 Å². The van der Waals surface area contributed by atoms with Crippen LogP contribution in [0.4, 0.5) is 0 Å². The second kappa shape index (κ2) is 34.8. The number of benzene rings is 6. The van der Waals surface area contributed by atoms with Crippen molar-refractivity contribution in [2.75, 3.05) is 62.3 Å². The summed E-state index contributed by atoms with van der Waals surface area (Å²) in [6, 6.07) is -10.5. The van der Waals surface area contributed by atoms with Gasteiger partial charge in [0.05, 0.1) is 102 Å². The van der Waals surface area contributed by atoms with Gasteiger partial charge in [-0.3, -0.25) is 0 Å². The van der Waals surface area contributed by atoms with Crippen LogP contribution in [-0.4, -0.2) is 95.9 Å². The maximum Gasteiger partial charge on any atom is 0.160 e. The minimum absolute atomic E-state index is 0.0627. The van der Waals surface area contributed by atoms with E-state index in [9.17, 15) is 15.3 Å². The summed E-state index contributed by atoms with van der Waals surface area (Å²) >= 11 is 0. The van der Waals surface area contributed by atoms with E-state index in [0.717, 1.165) is 14.2 Å². The molecule has 0 amide bonds. The molecule has 6 aromatic carbocycles. The van der Waals surface area contributed by atoms with Crippen LogP contribution >= 0.6 is 0 Å². The number of hydrogen-bond acceptors (Lipinski definition) is 12. The molecule has 6 rings (SSSR count). The van der Waals surface area contributed by atoms with Gasteiger partial charge >= 0.3 is 0 Å². The van der Waals surface area contributed by atoms with E-state index in [1.807, 2.05) is 0 Å². The van der Waals surface area contributed by atoms with Gasteiger partial charge in [0.2, 0.25) is 0 Å². The van der Waals surface area contributed by atoms with E-state index < -0.39 is 209 Å². The van der Waals surface area contributed by atoms with Crippen LogP contribution in [0.15, 0.2) is 127 Å². The van der Waals surface area contributed by atoms with E-state index >= 15 is 0 Å². The zero-order valence-corrected chi connectivity index (χ0v) is 42.5. The van der Waals surface area contributed by atoms with Gasteiger partial charge in [0.25, 0.3) is 0 Å².